The van der Waals surface area contributed by atoms with Gasteiger partial charge in [0.05, 0.1) is 5.69 Å². The fourth-order valence-electron chi connectivity index (χ4n) is 4.61. The quantitative estimate of drug-likeness (QED) is 0.649. The monoisotopic (exact) mass is 407 g/mol. The van der Waals surface area contributed by atoms with Crippen molar-refractivity contribution in [1.29, 1.82) is 0 Å². The fraction of sp³-hybridized carbons (Fsp3) is 0.208. The molecule has 152 valence electrons. The number of nitrogens with one attached hydrogen (secondary N) is 1. The minimum atomic E-state index is -1.39. The Morgan fingerprint density at radius 2 is 1.70 bits per heavy atom. The summed E-state index contributed by atoms with van der Waals surface area (Å²) in [5.74, 6) is -1.81. The Kier molecular flexibility index (Phi) is 3.75. The minimum Gasteiger partial charge on any atom is -0.508 e. The van der Waals surface area contributed by atoms with Gasteiger partial charge in [0.1, 0.15) is 22.5 Å². The number of halogens is 2. The number of carbonyl (C=O) groups excluding carboxylic acids is 1. The molecule has 0 fully saturated rings. The van der Waals surface area contributed by atoms with Crippen molar-refractivity contribution in [3.8, 4) is 11.5 Å². The molecule has 1 unspecified atom stereocenters. The van der Waals surface area contributed by atoms with E-state index >= 15 is 0 Å². The molecule has 30 heavy (non-hydrogen) atoms. The zero-order valence-corrected chi connectivity index (χ0v) is 16.4. The van der Waals surface area contributed by atoms with E-state index in [0.717, 1.165) is 17.4 Å². The van der Waals surface area contributed by atoms with Gasteiger partial charge in [0.15, 0.2) is 11.6 Å². The molecule has 2 aliphatic rings. The molecule has 4 nitrogen and oxygen atoms in total. The van der Waals surface area contributed by atoms with E-state index in [4.69, 9.17) is 4.74 Å². The molecule has 0 aliphatic carbocycles. The number of fused-ring (bicyclic) bond motifs is 2. The van der Waals surface area contributed by atoms with Crippen LogP contribution < -0.4 is 10.1 Å². The van der Waals surface area contributed by atoms with Crippen molar-refractivity contribution in [2.45, 2.75) is 31.3 Å². The van der Waals surface area contributed by atoms with E-state index in [1.807, 2.05) is 26.0 Å². The zero-order valence-electron chi connectivity index (χ0n) is 16.4. The van der Waals surface area contributed by atoms with Gasteiger partial charge in [-0.3, -0.25) is 4.79 Å². The van der Waals surface area contributed by atoms with E-state index < -0.39 is 23.0 Å². The molecule has 6 heteroatoms. The number of aromatic hydroxyl groups is 1. The van der Waals surface area contributed by atoms with Crippen LogP contribution >= 0.6 is 0 Å². The maximum absolute atomic E-state index is 14.6. The summed E-state index contributed by atoms with van der Waals surface area (Å²) in [6, 6.07) is 14.2. The van der Waals surface area contributed by atoms with E-state index in [9.17, 15) is 18.7 Å². The van der Waals surface area contributed by atoms with Crippen molar-refractivity contribution in [2.24, 2.45) is 0 Å². The van der Waals surface area contributed by atoms with Crippen molar-refractivity contribution >= 4 is 11.6 Å². The number of phenolic OH excluding ortho intramolecular Hbond substituents is 1. The van der Waals surface area contributed by atoms with Gasteiger partial charge in [-0.2, -0.15) is 0 Å². The normalized spacial score (nSPS) is 21.0. The molecule has 2 N–H and O–H groups in total. The Hall–Kier alpha value is -3.41. The van der Waals surface area contributed by atoms with Crippen molar-refractivity contribution < 1.29 is 23.4 Å². The van der Waals surface area contributed by atoms with Gasteiger partial charge in [-0.25, -0.2) is 8.78 Å². The zero-order chi connectivity index (χ0) is 21.3. The molecular formula is C24H19F2NO3. The Bertz CT molecular complexity index is 1200. The van der Waals surface area contributed by atoms with Crippen LogP contribution in [0.15, 0.2) is 54.6 Å². The Morgan fingerprint density at radius 1 is 1.00 bits per heavy atom. The second-order valence-electron chi connectivity index (χ2n) is 8.40. The van der Waals surface area contributed by atoms with Crippen LogP contribution in [0.1, 0.15) is 36.1 Å². The molecule has 0 radical (unpaired) electrons. The summed E-state index contributed by atoms with van der Waals surface area (Å²) >= 11 is 0. The second-order valence-corrected chi connectivity index (χ2v) is 8.40. The molecule has 0 saturated carbocycles. The van der Waals surface area contributed by atoms with Crippen molar-refractivity contribution in [1.82, 2.24) is 0 Å². The summed E-state index contributed by atoms with van der Waals surface area (Å²) in [6.45, 7) is 3.97. The van der Waals surface area contributed by atoms with Crippen molar-refractivity contribution in [3.63, 3.8) is 0 Å². The summed E-state index contributed by atoms with van der Waals surface area (Å²) in [5.41, 5.74) is 0.521. The first-order chi connectivity index (χ1) is 14.2. The van der Waals surface area contributed by atoms with Crippen molar-refractivity contribution in [3.05, 3.63) is 88.5 Å². The van der Waals surface area contributed by atoms with E-state index in [2.05, 4.69) is 5.32 Å². The molecule has 2 aliphatic heterocycles. The summed E-state index contributed by atoms with van der Waals surface area (Å²) in [4.78, 5) is 13.4. The molecule has 3 aromatic carbocycles. The highest BCUT2D eigenvalue weighted by molar-refractivity contribution is 6.11. The highest BCUT2D eigenvalue weighted by Crippen LogP contribution is 2.50. The van der Waals surface area contributed by atoms with Gasteiger partial charge in [-0.15, -0.1) is 0 Å². The average Bonchev–Trinajstić information content (AvgIpc) is 3.17. The molecule has 5 rings (SSSR count). The van der Waals surface area contributed by atoms with E-state index in [1.54, 1.807) is 18.2 Å². The molecule has 1 atom stereocenters. The van der Waals surface area contributed by atoms with E-state index in [0.29, 0.717) is 23.1 Å². The average molecular weight is 407 g/mol. The maximum Gasteiger partial charge on any atom is 0.244 e. The highest BCUT2D eigenvalue weighted by atomic mass is 19.2. The van der Waals surface area contributed by atoms with E-state index in [-0.39, 0.29) is 17.0 Å². The number of benzene rings is 3. The third-order valence-corrected chi connectivity index (χ3v) is 5.87. The first-order valence-corrected chi connectivity index (χ1v) is 9.64. The smallest absolute Gasteiger partial charge is 0.244 e. The van der Waals surface area contributed by atoms with Crippen LogP contribution in [0.2, 0.25) is 0 Å². The van der Waals surface area contributed by atoms with Gasteiger partial charge >= 0.3 is 0 Å². The molecule has 3 aromatic rings. The van der Waals surface area contributed by atoms with Crippen LogP contribution in [0.25, 0.3) is 0 Å². The first-order valence-electron chi connectivity index (χ1n) is 9.64. The Morgan fingerprint density at radius 3 is 2.43 bits per heavy atom. The summed E-state index contributed by atoms with van der Waals surface area (Å²) in [5, 5.41) is 12.3. The predicted molar refractivity (Wildman–Crippen MR) is 108 cm³/mol. The number of phenols is 1. The van der Waals surface area contributed by atoms with E-state index in [1.165, 1.54) is 18.2 Å². The number of anilines is 1. The molecule has 0 aromatic heterocycles. The lowest BCUT2D eigenvalue weighted by Crippen LogP contribution is -2.37. The topological polar surface area (TPSA) is 58.6 Å². The van der Waals surface area contributed by atoms with Gasteiger partial charge < -0.3 is 15.2 Å². The second kappa shape index (κ2) is 6.05. The summed E-state index contributed by atoms with van der Waals surface area (Å²) in [6.07, 6.45) is 0.661. The van der Waals surface area contributed by atoms with Crippen LogP contribution in [-0.2, 0) is 16.6 Å². The molecule has 1 amide bonds. The Labute approximate surface area is 172 Å². The Balaban J connectivity index is 1.81. The molecule has 2 heterocycles. The number of ether oxygens (including phenoxy) is 1. The van der Waals surface area contributed by atoms with Crippen LogP contribution in [0.4, 0.5) is 14.5 Å². The largest absolute Gasteiger partial charge is 0.508 e. The fourth-order valence-corrected chi connectivity index (χ4v) is 4.61. The summed E-state index contributed by atoms with van der Waals surface area (Å²) < 4.78 is 34.4. The number of hydrogen-bond acceptors (Lipinski definition) is 3. The first kappa shape index (κ1) is 18.6. The lowest BCUT2D eigenvalue weighted by atomic mass is 9.69. The molecule has 0 spiro atoms. The lowest BCUT2D eigenvalue weighted by Gasteiger charge is -2.29. The van der Waals surface area contributed by atoms with Crippen LogP contribution in [0.3, 0.4) is 0 Å². The van der Waals surface area contributed by atoms with Gasteiger partial charge in [-0.1, -0.05) is 30.3 Å². The highest BCUT2D eigenvalue weighted by Gasteiger charge is 2.51. The van der Waals surface area contributed by atoms with Crippen LogP contribution in [0.5, 0.6) is 11.5 Å². The van der Waals surface area contributed by atoms with Gasteiger partial charge in [0.2, 0.25) is 5.91 Å². The third-order valence-electron chi connectivity index (χ3n) is 5.87. The maximum atomic E-state index is 14.6. The molecule has 0 bridgehead atoms. The number of rotatable bonds is 2. The minimum absolute atomic E-state index is 0.0434. The van der Waals surface area contributed by atoms with Crippen molar-refractivity contribution in [2.75, 3.05) is 5.32 Å². The van der Waals surface area contributed by atoms with Crippen LogP contribution in [0, 0.1) is 11.6 Å². The standard InChI is InChI=1S/C24H19F2NO3/c1-23(2)12-13-11-15(5-10-19(13)30-23)24(14-3-6-16(28)7-4-14)17-8-9-18(25)20(26)21(17)27-22(24)29/h3-11,28H,12H2,1-2H3,(H,27,29). The predicted octanol–water partition coefficient (Wildman–Crippen LogP) is 4.67. The number of carbonyl (C=O) groups is 1. The summed E-state index contributed by atoms with van der Waals surface area (Å²) in [7, 11) is 0. The van der Waals surface area contributed by atoms with Gasteiger partial charge in [-0.05, 0) is 54.8 Å². The SMILES string of the molecule is CC1(C)Cc2cc(C3(c4ccc(O)cc4)C(=O)Nc4c3ccc(F)c4F)ccc2O1. The van der Waals surface area contributed by atoms with Gasteiger partial charge in [0, 0.05) is 12.0 Å². The molecule has 0 saturated heterocycles. The lowest BCUT2D eigenvalue weighted by molar-refractivity contribution is -0.118. The van der Waals surface area contributed by atoms with Crippen LogP contribution in [-0.4, -0.2) is 16.6 Å². The number of amides is 1. The molecular weight excluding hydrogens is 388 g/mol. The van der Waals surface area contributed by atoms with Gasteiger partial charge in [0.25, 0.3) is 0 Å². The third kappa shape index (κ3) is 2.46. The number of hydrogen-bond donors (Lipinski definition) is 2.